The third-order valence-corrected chi connectivity index (χ3v) is 3.47. The molecule has 0 fully saturated rings. The Morgan fingerprint density at radius 2 is 2.38 bits per heavy atom. The van der Waals surface area contributed by atoms with Crippen LogP contribution in [0.4, 0.5) is 5.82 Å². The van der Waals surface area contributed by atoms with Gasteiger partial charge in [0.25, 0.3) is 0 Å². The Bertz CT molecular complexity index is 356. The lowest BCUT2D eigenvalue weighted by molar-refractivity contribution is 0.288. The van der Waals surface area contributed by atoms with E-state index in [4.69, 9.17) is 10.4 Å². The standard InChI is InChI=1S/C11H15N3OS/c1-8(10(7-15)16-2)14-11-4-3-9(5-12)6-13-11/h3-4,6,8,10,15H,7H2,1-2H3,(H,13,14). The van der Waals surface area contributed by atoms with Crippen LogP contribution >= 0.6 is 11.8 Å². The SMILES string of the molecule is CSC(CO)C(C)Nc1ccc(C#N)cn1. The topological polar surface area (TPSA) is 68.9 Å². The second-order valence-corrected chi connectivity index (χ2v) is 4.51. The first-order valence-corrected chi connectivity index (χ1v) is 6.26. The Hall–Kier alpha value is -1.25. The molecule has 2 atom stereocenters. The number of pyridine rings is 1. The fraction of sp³-hybridized carbons (Fsp3) is 0.455. The number of aromatic nitrogens is 1. The molecule has 0 aliphatic heterocycles. The number of anilines is 1. The van der Waals surface area contributed by atoms with Gasteiger partial charge in [-0.2, -0.15) is 17.0 Å². The van der Waals surface area contributed by atoms with Gasteiger partial charge >= 0.3 is 0 Å². The zero-order chi connectivity index (χ0) is 12.0. The third kappa shape index (κ3) is 3.40. The number of nitrogens with one attached hydrogen (secondary N) is 1. The molecule has 0 aliphatic rings. The van der Waals surface area contributed by atoms with E-state index in [1.165, 1.54) is 6.20 Å². The van der Waals surface area contributed by atoms with Gasteiger partial charge in [0.15, 0.2) is 0 Å². The van der Waals surface area contributed by atoms with Crippen LogP contribution in [0.25, 0.3) is 0 Å². The fourth-order valence-electron chi connectivity index (χ4n) is 1.31. The summed E-state index contributed by atoms with van der Waals surface area (Å²) < 4.78 is 0. The van der Waals surface area contributed by atoms with Gasteiger partial charge in [0.1, 0.15) is 11.9 Å². The molecule has 4 nitrogen and oxygen atoms in total. The third-order valence-electron chi connectivity index (χ3n) is 2.31. The van der Waals surface area contributed by atoms with E-state index >= 15 is 0 Å². The first kappa shape index (κ1) is 12.8. The fourth-order valence-corrected chi connectivity index (χ4v) is 1.93. The number of thioether (sulfide) groups is 1. The van der Waals surface area contributed by atoms with Gasteiger partial charge in [0.05, 0.1) is 12.2 Å². The quantitative estimate of drug-likeness (QED) is 0.811. The molecule has 0 amide bonds. The largest absolute Gasteiger partial charge is 0.395 e. The Morgan fingerprint density at radius 3 is 2.81 bits per heavy atom. The molecule has 5 heteroatoms. The van der Waals surface area contributed by atoms with Crippen molar-refractivity contribution in [3.05, 3.63) is 23.9 Å². The van der Waals surface area contributed by atoms with Gasteiger partial charge in [-0.15, -0.1) is 0 Å². The summed E-state index contributed by atoms with van der Waals surface area (Å²) in [4.78, 5) is 4.12. The summed E-state index contributed by atoms with van der Waals surface area (Å²) in [6.07, 6.45) is 3.49. The van der Waals surface area contributed by atoms with Crippen LogP contribution < -0.4 is 5.32 Å². The predicted octanol–water partition coefficient (Wildman–Crippen LogP) is 1.48. The lowest BCUT2D eigenvalue weighted by atomic mass is 10.2. The maximum atomic E-state index is 9.13. The molecular weight excluding hydrogens is 222 g/mol. The number of hydrogen-bond donors (Lipinski definition) is 2. The number of hydrogen-bond acceptors (Lipinski definition) is 5. The minimum atomic E-state index is 0.125. The highest BCUT2D eigenvalue weighted by Crippen LogP contribution is 2.14. The van der Waals surface area contributed by atoms with Crippen LogP contribution in [0.2, 0.25) is 0 Å². The van der Waals surface area contributed by atoms with E-state index in [0.717, 1.165) is 5.82 Å². The Balaban J connectivity index is 2.62. The van der Waals surface area contributed by atoms with Crippen molar-refractivity contribution in [1.29, 1.82) is 5.26 Å². The zero-order valence-electron chi connectivity index (χ0n) is 9.34. The molecule has 1 rings (SSSR count). The maximum Gasteiger partial charge on any atom is 0.126 e. The second-order valence-electron chi connectivity index (χ2n) is 3.43. The van der Waals surface area contributed by atoms with Crippen molar-refractivity contribution in [2.24, 2.45) is 0 Å². The van der Waals surface area contributed by atoms with Gasteiger partial charge in [-0.1, -0.05) is 0 Å². The lowest BCUT2D eigenvalue weighted by Crippen LogP contribution is -2.31. The van der Waals surface area contributed by atoms with E-state index < -0.39 is 0 Å². The van der Waals surface area contributed by atoms with E-state index in [1.54, 1.807) is 23.9 Å². The van der Waals surface area contributed by atoms with E-state index in [9.17, 15) is 0 Å². The van der Waals surface area contributed by atoms with E-state index in [2.05, 4.69) is 10.3 Å². The summed E-state index contributed by atoms with van der Waals surface area (Å²) in [6.45, 7) is 2.13. The number of aliphatic hydroxyl groups is 1. The summed E-state index contributed by atoms with van der Waals surface area (Å²) in [5, 5.41) is 21.1. The van der Waals surface area contributed by atoms with Crippen LogP contribution in [0.1, 0.15) is 12.5 Å². The summed E-state index contributed by atoms with van der Waals surface area (Å²) in [6, 6.07) is 5.63. The molecule has 16 heavy (non-hydrogen) atoms. The summed E-state index contributed by atoms with van der Waals surface area (Å²) >= 11 is 1.61. The predicted molar refractivity (Wildman–Crippen MR) is 66.4 cm³/mol. The van der Waals surface area contributed by atoms with Crippen LogP contribution in [0.15, 0.2) is 18.3 Å². The van der Waals surface area contributed by atoms with Crippen molar-refractivity contribution in [1.82, 2.24) is 4.98 Å². The molecule has 1 aromatic heterocycles. The number of nitrogens with zero attached hydrogens (tertiary/aromatic N) is 2. The van der Waals surface area contributed by atoms with Crippen molar-refractivity contribution >= 4 is 17.6 Å². The molecule has 0 radical (unpaired) electrons. The molecule has 86 valence electrons. The van der Waals surface area contributed by atoms with Crippen LogP contribution in [0.5, 0.6) is 0 Å². The van der Waals surface area contributed by atoms with Crippen LogP contribution in [0.3, 0.4) is 0 Å². The highest BCUT2D eigenvalue weighted by atomic mass is 32.2. The van der Waals surface area contributed by atoms with E-state index in [0.29, 0.717) is 5.56 Å². The monoisotopic (exact) mass is 237 g/mol. The van der Waals surface area contributed by atoms with Gasteiger partial charge < -0.3 is 10.4 Å². The van der Waals surface area contributed by atoms with E-state index in [1.807, 2.05) is 19.2 Å². The van der Waals surface area contributed by atoms with Crippen LogP contribution in [-0.4, -0.2) is 34.2 Å². The zero-order valence-corrected chi connectivity index (χ0v) is 10.2. The molecular formula is C11H15N3OS. The molecule has 0 aliphatic carbocycles. The van der Waals surface area contributed by atoms with Gasteiger partial charge in [-0.05, 0) is 25.3 Å². The molecule has 0 saturated heterocycles. The van der Waals surface area contributed by atoms with Crippen molar-refractivity contribution < 1.29 is 5.11 Å². The average Bonchev–Trinajstić information content (AvgIpc) is 2.31. The van der Waals surface area contributed by atoms with Gasteiger partial charge in [-0.25, -0.2) is 4.98 Å². The number of nitriles is 1. The van der Waals surface area contributed by atoms with Crippen LogP contribution in [0, 0.1) is 11.3 Å². The van der Waals surface area contributed by atoms with Crippen molar-refractivity contribution in [3.8, 4) is 6.07 Å². The number of aliphatic hydroxyl groups excluding tert-OH is 1. The smallest absolute Gasteiger partial charge is 0.126 e. The normalized spacial score (nSPS) is 13.9. The lowest BCUT2D eigenvalue weighted by Gasteiger charge is -2.21. The van der Waals surface area contributed by atoms with Crippen molar-refractivity contribution in [3.63, 3.8) is 0 Å². The molecule has 2 unspecified atom stereocenters. The average molecular weight is 237 g/mol. The van der Waals surface area contributed by atoms with Gasteiger partial charge in [0, 0.05) is 17.5 Å². The summed E-state index contributed by atoms with van der Waals surface area (Å²) in [5.41, 5.74) is 0.543. The van der Waals surface area contributed by atoms with Crippen LogP contribution in [-0.2, 0) is 0 Å². The molecule has 0 bridgehead atoms. The van der Waals surface area contributed by atoms with Crippen molar-refractivity contribution in [2.45, 2.75) is 18.2 Å². The second kappa shape index (κ2) is 6.36. The minimum Gasteiger partial charge on any atom is -0.395 e. The highest BCUT2D eigenvalue weighted by molar-refractivity contribution is 7.99. The van der Waals surface area contributed by atoms with E-state index in [-0.39, 0.29) is 17.9 Å². The van der Waals surface area contributed by atoms with Crippen molar-refractivity contribution in [2.75, 3.05) is 18.2 Å². The Kier molecular flexibility index (Phi) is 5.09. The molecule has 0 aromatic carbocycles. The first-order chi connectivity index (χ1) is 7.71. The Morgan fingerprint density at radius 1 is 1.62 bits per heavy atom. The summed E-state index contributed by atoms with van der Waals surface area (Å²) in [7, 11) is 0. The maximum absolute atomic E-state index is 9.13. The molecule has 2 N–H and O–H groups in total. The minimum absolute atomic E-state index is 0.125. The first-order valence-electron chi connectivity index (χ1n) is 4.97. The molecule has 0 saturated carbocycles. The molecule has 1 heterocycles. The Labute approximate surface area is 99.7 Å². The number of rotatable bonds is 5. The molecule has 0 spiro atoms. The summed E-state index contributed by atoms with van der Waals surface area (Å²) in [5.74, 6) is 0.721. The molecule has 1 aromatic rings. The highest BCUT2D eigenvalue weighted by Gasteiger charge is 2.14. The van der Waals surface area contributed by atoms with Gasteiger partial charge in [-0.3, -0.25) is 0 Å². The van der Waals surface area contributed by atoms with Gasteiger partial charge in [0.2, 0.25) is 0 Å².